The Morgan fingerprint density at radius 2 is 2.05 bits per heavy atom. The predicted octanol–water partition coefficient (Wildman–Crippen LogP) is 0.637. The second kappa shape index (κ2) is 6.62. The van der Waals surface area contributed by atoms with Crippen LogP contribution in [0.2, 0.25) is 0 Å². The number of nitrogens with zero attached hydrogens (tertiary/aromatic N) is 1. The van der Waals surface area contributed by atoms with Crippen molar-refractivity contribution in [1.29, 1.82) is 0 Å². The average molecular weight is 308 g/mol. The summed E-state index contributed by atoms with van der Waals surface area (Å²) in [4.78, 5) is 35.6. The first-order valence-electron chi connectivity index (χ1n) is 6.49. The van der Waals surface area contributed by atoms with Gasteiger partial charge in [0.2, 0.25) is 11.8 Å². The quantitative estimate of drug-likeness (QED) is 0.751. The lowest BCUT2D eigenvalue weighted by Gasteiger charge is -2.22. The van der Waals surface area contributed by atoms with E-state index in [-0.39, 0.29) is 18.1 Å². The monoisotopic (exact) mass is 308 g/mol. The van der Waals surface area contributed by atoms with E-state index in [9.17, 15) is 19.5 Å². The first-order valence-corrected chi connectivity index (χ1v) is 7.65. The number of benzene rings is 1. The molecule has 1 aliphatic heterocycles. The molecule has 1 aromatic rings. The van der Waals surface area contributed by atoms with Crippen molar-refractivity contribution in [2.45, 2.75) is 18.9 Å². The topological polar surface area (TPSA) is 101 Å². The molecule has 0 aliphatic carbocycles. The molecule has 0 fully saturated rings. The molecule has 0 unspecified atom stereocenters. The number of hydrogen-bond acceptors (Lipinski definition) is 4. The maximum absolute atomic E-state index is 12.3. The van der Waals surface area contributed by atoms with Crippen molar-refractivity contribution in [3.8, 4) is 0 Å². The van der Waals surface area contributed by atoms with Gasteiger partial charge in [0.1, 0.15) is 6.04 Å². The highest BCUT2D eigenvalue weighted by molar-refractivity contribution is 7.99. The van der Waals surface area contributed by atoms with Crippen molar-refractivity contribution >= 4 is 35.2 Å². The number of para-hydroxylation sites is 1. The van der Waals surface area contributed by atoms with Gasteiger partial charge in [-0.3, -0.25) is 14.5 Å². The van der Waals surface area contributed by atoms with Gasteiger partial charge < -0.3 is 10.8 Å². The van der Waals surface area contributed by atoms with Crippen LogP contribution in [0.3, 0.4) is 0 Å². The van der Waals surface area contributed by atoms with E-state index in [4.69, 9.17) is 5.73 Å². The van der Waals surface area contributed by atoms with Crippen LogP contribution in [0.15, 0.2) is 24.3 Å². The summed E-state index contributed by atoms with van der Waals surface area (Å²) in [7, 11) is 0. The van der Waals surface area contributed by atoms with Gasteiger partial charge in [-0.1, -0.05) is 18.2 Å². The highest BCUT2D eigenvalue weighted by atomic mass is 32.2. The summed E-state index contributed by atoms with van der Waals surface area (Å²) < 4.78 is 0. The molecule has 21 heavy (non-hydrogen) atoms. The minimum absolute atomic E-state index is 0.159. The number of rotatable bonds is 6. The SMILES string of the molecule is NC(=O)CSCCC(=O)N1c2ccccc2C[C@H]1C(=O)O. The van der Waals surface area contributed by atoms with Gasteiger partial charge >= 0.3 is 5.97 Å². The minimum atomic E-state index is -1.01. The third kappa shape index (κ3) is 3.55. The summed E-state index contributed by atoms with van der Waals surface area (Å²) in [6.45, 7) is 0. The summed E-state index contributed by atoms with van der Waals surface area (Å²) >= 11 is 1.27. The fraction of sp³-hybridized carbons (Fsp3) is 0.357. The maximum atomic E-state index is 12.3. The number of primary amides is 1. The Bertz CT molecular complexity index is 576. The number of amides is 2. The highest BCUT2D eigenvalue weighted by Crippen LogP contribution is 2.32. The number of carboxylic acids is 1. The van der Waals surface area contributed by atoms with E-state index in [0.717, 1.165) is 5.56 Å². The molecule has 3 N–H and O–H groups in total. The second-order valence-corrected chi connectivity index (χ2v) is 5.82. The molecule has 1 atom stereocenters. The Hall–Kier alpha value is -2.02. The summed E-state index contributed by atoms with van der Waals surface area (Å²) in [5.74, 6) is -1.09. The summed E-state index contributed by atoms with van der Waals surface area (Å²) in [6.07, 6.45) is 0.502. The van der Waals surface area contributed by atoms with E-state index < -0.39 is 17.9 Å². The molecule has 7 heteroatoms. The fourth-order valence-electron chi connectivity index (χ4n) is 2.34. The van der Waals surface area contributed by atoms with Crippen LogP contribution in [0, 0.1) is 0 Å². The summed E-state index contributed by atoms with van der Waals surface area (Å²) in [5, 5.41) is 9.29. The standard InChI is InChI=1S/C14H16N2O4S/c15-12(17)8-21-6-5-13(18)16-10-4-2-1-3-9(10)7-11(16)14(19)20/h1-4,11H,5-8H2,(H2,15,17)(H,19,20)/t11-/m0/s1. The maximum Gasteiger partial charge on any atom is 0.327 e. The molecular weight excluding hydrogens is 292 g/mol. The molecule has 0 spiro atoms. The number of carbonyl (C=O) groups is 3. The Balaban J connectivity index is 2.06. The van der Waals surface area contributed by atoms with Crippen molar-refractivity contribution in [2.75, 3.05) is 16.4 Å². The summed E-state index contributed by atoms with van der Waals surface area (Å²) in [6, 6.07) is 6.35. The van der Waals surface area contributed by atoms with Gasteiger partial charge in [0.05, 0.1) is 5.75 Å². The van der Waals surface area contributed by atoms with E-state index >= 15 is 0 Å². The van der Waals surface area contributed by atoms with Crippen molar-refractivity contribution in [1.82, 2.24) is 0 Å². The van der Waals surface area contributed by atoms with E-state index in [1.165, 1.54) is 16.7 Å². The molecule has 0 radical (unpaired) electrons. The first kappa shape index (κ1) is 15.4. The van der Waals surface area contributed by atoms with E-state index in [1.807, 2.05) is 12.1 Å². The number of thioether (sulfide) groups is 1. The van der Waals surface area contributed by atoms with Crippen molar-refractivity contribution in [2.24, 2.45) is 5.73 Å². The molecule has 0 saturated heterocycles. The molecule has 2 rings (SSSR count). The minimum Gasteiger partial charge on any atom is -0.480 e. The molecule has 0 saturated carbocycles. The third-order valence-electron chi connectivity index (χ3n) is 3.23. The van der Waals surface area contributed by atoms with Gasteiger partial charge in [-0.2, -0.15) is 11.8 Å². The van der Waals surface area contributed by atoms with Crippen LogP contribution in [0.1, 0.15) is 12.0 Å². The zero-order valence-corrected chi connectivity index (χ0v) is 12.1. The van der Waals surface area contributed by atoms with Crippen LogP contribution in [-0.4, -0.2) is 40.4 Å². The number of nitrogens with two attached hydrogens (primary N) is 1. The molecule has 0 aromatic heterocycles. The van der Waals surface area contributed by atoms with Crippen LogP contribution in [-0.2, 0) is 20.8 Å². The lowest BCUT2D eigenvalue weighted by Crippen LogP contribution is -2.43. The smallest absolute Gasteiger partial charge is 0.327 e. The van der Waals surface area contributed by atoms with Gasteiger partial charge in [-0.25, -0.2) is 4.79 Å². The number of fused-ring (bicyclic) bond motifs is 1. The lowest BCUT2D eigenvalue weighted by atomic mass is 10.1. The first-order chi connectivity index (χ1) is 10.0. The van der Waals surface area contributed by atoms with Crippen LogP contribution in [0.25, 0.3) is 0 Å². The number of hydrogen-bond donors (Lipinski definition) is 2. The highest BCUT2D eigenvalue weighted by Gasteiger charge is 2.37. The van der Waals surface area contributed by atoms with E-state index in [1.54, 1.807) is 12.1 Å². The second-order valence-electron chi connectivity index (χ2n) is 4.72. The van der Waals surface area contributed by atoms with Crippen LogP contribution >= 0.6 is 11.8 Å². The van der Waals surface area contributed by atoms with Gasteiger partial charge in [0, 0.05) is 24.3 Å². The largest absolute Gasteiger partial charge is 0.480 e. The Kier molecular flexibility index (Phi) is 4.85. The van der Waals surface area contributed by atoms with Gasteiger partial charge in [-0.05, 0) is 11.6 Å². The van der Waals surface area contributed by atoms with E-state index in [2.05, 4.69) is 0 Å². The van der Waals surface area contributed by atoms with Gasteiger partial charge in [0.25, 0.3) is 0 Å². The number of anilines is 1. The van der Waals surface area contributed by atoms with Gasteiger partial charge in [-0.15, -0.1) is 0 Å². The Morgan fingerprint density at radius 1 is 1.33 bits per heavy atom. The normalized spacial score (nSPS) is 16.6. The van der Waals surface area contributed by atoms with Crippen molar-refractivity contribution in [3.63, 3.8) is 0 Å². The molecule has 0 bridgehead atoms. The molecule has 6 nitrogen and oxygen atoms in total. The zero-order chi connectivity index (χ0) is 15.4. The van der Waals surface area contributed by atoms with Crippen molar-refractivity contribution in [3.05, 3.63) is 29.8 Å². The van der Waals surface area contributed by atoms with Crippen molar-refractivity contribution < 1.29 is 19.5 Å². The molecule has 1 heterocycles. The number of carbonyl (C=O) groups excluding carboxylic acids is 2. The molecule has 2 amide bonds. The van der Waals surface area contributed by atoms with Crippen LogP contribution in [0.4, 0.5) is 5.69 Å². The van der Waals surface area contributed by atoms with Crippen LogP contribution in [0.5, 0.6) is 0 Å². The predicted molar refractivity (Wildman–Crippen MR) is 80.2 cm³/mol. The van der Waals surface area contributed by atoms with Crippen LogP contribution < -0.4 is 10.6 Å². The molecule has 112 valence electrons. The van der Waals surface area contributed by atoms with E-state index in [0.29, 0.717) is 17.9 Å². The Labute approximate surface area is 126 Å². The van der Waals surface area contributed by atoms with Gasteiger partial charge in [0.15, 0.2) is 0 Å². The third-order valence-corrected chi connectivity index (χ3v) is 4.22. The molecule has 1 aliphatic rings. The summed E-state index contributed by atoms with van der Waals surface area (Å²) in [5.41, 5.74) is 6.55. The number of carboxylic acid groups (broad SMARTS) is 1. The molecule has 1 aromatic carbocycles. The Morgan fingerprint density at radius 3 is 2.71 bits per heavy atom. The zero-order valence-electron chi connectivity index (χ0n) is 11.3. The average Bonchev–Trinajstić information content (AvgIpc) is 2.83. The number of aliphatic carboxylic acids is 1. The fourth-order valence-corrected chi connectivity index (χ4v) is 3.01. The lowest BCUT2D eigenvalue weighted by molar-refractivity contribution is -0.139. The molecular formula is C14H16N2O4S.